The highest BCUT2D eigenvalue weighted by molar-refractivity contribution is 5.82. The first-order valence-corrected chi connectivity index (χ1v) is 6.73. The number of benzene rings is 1. The van der Waals surface area contributed by atoms with Gasteiger partial charge in [-0.05, 0) is 44.5 Å². The maximum Gasteiger partial charge on any atom is 0.0708 e. The number of nitrogens with zero attached hydrogens (tertiary/aromatic N) is 1. The largest absolute Gasteiger partial charge is 0.312 e. The fraction of sp³-hybridized carbons (Fsp3) is 0.353. The van der Waals surface area contributed by atoms with Gasteiger partial charge in [0.1, 0.15) is 0 Å². The van der Waals surface area contributed by atoms with E-state index in [1.165, 1.54) is 10.9 Å². The Labute approximate surface area is 115 Å². The third kappa shape index (κ3) is 3.13. The molecule has 0 aliphatic rings. The molecule has 1 atom stereocenters. The molecule has 1 aromatic carbocycles. The fourth-order valence-electron chi connectivity index (χ4n) is 2.40. The summed E-state index contributed by atoms with van der Waals surface area (Å²) in [5.41, 5.74) is 3.45. The normalized spacial score (nSPS) is 12.3. The highest BCUT2D eigenvalue weighted by atomic mass is 14.9. The van der Waals surface area contributed by atoms with Crippen LogP contribution in [0.1, 0.15) is 36.6 Å². The molecule has 19 heavy (non-hydrogen) atoms. The predicted molar refractivity (Wildman–Crippen MR) is 81.0 cm³/mol. The second-order valence-electron chi connectivity index (χ2n) is 4.82. The first kappa shape index (κ1) is 13.6. The molecule has 98 valence electrons. The van der Waals surface area contributed by atoms with Crippen molar-refractivity contribution < 1.29 is 0 Å². The second kappa shape index (κ2) is 6.36. The lowest BCUT2D eigenvalue weighted by molar-refractivity contribution is 0.521. The summed E-state index contributed by atoms with van der Waals surface area (Å²) in [5, 5.41) is 4.56. The molecular weight excluding hydrogens is 232 g/mol. The van der Waals surface area contributed by atoms with Crippen molar-refractivity contribution >= 4 is 10.9 Å². The summed E-state index contributed by atoms with van der Waals surface area (Å²) in [6.07, 6.45) is 8.17. The molecule has 0 amide bonds. The minimum atomic E-state index is 0.275. The van der Waals surface area contributed by atoms with Crippen LogP contribution in [0.25, 0.3) is 10.9 Å². The van der Waals surface area contributed by atoms with Crippen LogP contribution in [-0.2, 0) is 0 Å². The van der Waals surface area contributed by atoms with Crippen molar-refractivity contribution in [2.24, 2.45) is 0 Å². The van der Waals surface area contributed by atoms with Crippen molar-refractivity contribution in [1.29, 1.82) is 0 Å². The molecule has 2 rings (SSSR count). The number of para-hydroxylation sites is 1. The fourth-order valence-corrected chi connectivity index (χ4v) is 2.40. The van der Waals surface area contributed by atoms with Crippen molar-refractivity contribution in [3.8, 4) is 12.3 Å². The van der Waals surface area contributed by atoms with Crippen LogP contribution in [0.4, 0.5) is 0 Å². The van der Waals surface area contributed by atoms with E-state index in [4.69, 9.17) is 11.4 Å². The van der Waals surface area contributed by atoms with Gasteiger partial charge in [-0.25, -0.2) is 0 Å². The van der Waals surface area contributed by atoms with Gasteiger partial charge in [-0.2, -0.15) is 0 Å². The van der Waals surface area contributed by atoms with Gasteiger partial charge in [0, 0.05) is 17.8 Å². The lowest BCUT2D eigenvalue weighted by Gasteiger charge is -2.16. The summed E-state index contributed by atoms with van der Waals surface area (Å²) in [6.45, 7) is 2.14. The zero-order valence-electron chi connectivity index (χ0n) is 11.6. The van der Waals surface area contributed by atoms with Crippen LogP contribution < -0.4 is 5.32 Å². The molecule has 0 bridgehead atoms. The number of terminal acetylenes is 1. The van der Waals surface area contributed by atoms with Gasteiger partial charge in [0.05, 0.1) is 11.2 Å². The maximum absolute atomic E-state index is 5.31. The Morgan fingerprint density at radius 3 is 2.89 bits per heavy atom. The van der Waals surface area contributed by atoms with Crippen LogP contribution in [0.3, 0.4) is 0 Å². The molecule has 0 radical (unpaired) electrons. The number of fused-ring (bicyclic) bond motifs is 1. The molecule has 0 aliphatic carbocycles. The van der Waals surface area contributed by atoms with Gasteiger partial charge < -0.3 is 5.32 Å². The van der Waals surface area contributed by atoms with E-state index < -0.39 is 0 Å². The van der Waals surface area contributed by atoms with Crippen LogP contribution in [-0.4, -0.2) is 12.0 Å². The minimum absolute atomic E-state index is 0.275. The Bertz CT molecular complexity index is 596. The standard InChI is InChI=1S/C17H20N2/c1-4-5-6-11-16(18-3)17-12-13(2)14-9-7-8-10-15(14)19-17/h1,7-10,12,16,18H,5-6,11H2,2-3H3. The molecule has 1 heterocycles. The zero-order chi connectivity index (χ0) is 13.7. The van der Waals surface area contributed by atoms with Crippen LogP contribution >= 0.6 is 0 Å². The first-order valence-electron chi connectivity index (χ1n) is 6.73. The summed E-state index contributed by atoms with van der Waals surface area (Å²) in [6, 6.07) is 10.7. The van der Waals surface area contributed by atoms with E-state index in [1.807, 2.05) is 13.1 Å². The van der Waals surface area contributed by atoms with Crippen molar-refractivity contribution in [2.75, 3.05) is 7.05 Å². The monoisotopic (exact) mass is 252 g/mol. The van der Waals surface area contributed by atoms with Crippen molar-refractivity contribution in [2.45, 2.75) is 32.2 Å². The Hall–Kier alpha value is -1.85. The Morgan fingerprint density at radius 1 is 1.37 bits per heavy atom. The summed E-state index contributed by atoms with van der Waals surface area (Å²) in [7, 11) is 1.98. The van der Waals surface area contributed by atoms with Crippen molar-refractivity contribution in [3.05, 3.63) is 41.6 Å². The van der Waals surface area contributed by atoms with E-state index in [-0.39, 0.29) is 6.04 Å². The zero-order valence-corrected chi connectivity index (χ0v) is 11.6. The predicted octanol–water partition coefficient (Wildman–Crippen LogP) is 3.61. The third-order valence-corrected chi connectivity index (χ3v) is 3.46. The molecule has 1 aromatic heterocycles. The second-order valence-corrected chi connectivity index (χ2v) is 4.82. The summed E-state index contributed by atoms with van der Waals surface area (Å²) in [5.74, 6) is 2.69. The average Bonchev–Trinajstić information content (AvgIpc) is 2.44. The van der Waals surface area contributed by atoms with Gasteiger partial charge in [0.15, 0.2) is 0 Å². The highest BCUT2D eigenvalue weighted by Crippen LogP contribution is 2.23. The molecule has 0 saturated heterocycles. The number of nitrogens with one attached hydrogen (secondary N) is 1. The maximum atomic E-state index is 5.31. The molecule has 2 nitrogen and oxygen atoms in total. The van der Waals surface area contributed by atoms with Crippen LogP contribution in [0.2, 0.25) is 0 Å². The molecule has 0 saturated carbocycles. The highest BCUT2D eigenvalue weighted by Gasteiger charge is 2.12. The van der Waals surface area contributed by atoms with E-state index >= 15 is 0 Å². The molecule has 1 unspecified atom stereocenters. The number of aromatic nitrogens is 1. The van der Waals surface area contributed by atoms with E-state index in [9.17, 15) is 0 Å². The SMILES string of the molecule is C#CCCCC(NC)c1cc(C)c2ccccc2n1. The van der Waals surface area contributed by atoms with Gasteiger partial charge in [-0.1, -0.05) is 18.2 Å². The van der Waals surface area contributed by atoms with Crippen LogP contribution in [0, 0.1) is 19.3 Å². The molecule has 1 N–H and O–H groups in total. The molecule has 2 heteroatoms. The van der Waals surface area contributed by atoms with Gasteiger partial charge in [0.2, 0.25) is 0 Å². The van der Waals surface area contributed by atoms with E-state index in [0.717, 1.165) is 30.5 Å². The molecule has 0 fully saturated rings. The Morgan fingerprint density at radius 2 is 2.16 bits per heavy atom. The molecule has 0 spiro atoms. The summed E-state index contributed by atoms with van der Waals surface area (Å²) in [4.78, 5) is 4.77. The van der Waals surface area contributed by atoms with Gasteiger partial charge in [-0.3, -0.25) is 4.98 Å². The average molecular weight is 252 g/mol. The summed E-state index contributed by atoms with van der Waals surface area (Å²) >= 11 is 0. The third-order valence-electron chi connectivity index (χ3n) is 3.46. The van der Waals surface area contributed by atoms with E-state index in [1.54, 1.807) is 0 Å². The number of hydrogen-bond acceptors (Lipinski definition) is 2. The first-order chi connectivity index (χ1) is 9.26. The topological polar surface area (TPSA) is 24.9 Å². The number of unbranched alkanes of at least 4 members (excludes halogenated alkanes) is 1. The van der Waals surface area contributed by atoms with Crippen LogP contribution in [0.5, 0.6) is 0 Å². The quantitative estimate of drug-likeness (QED) is 0.649. The molecule has 0 aliphatic heterocycles. The number of pyridine rings is 1. The van der Waals surface area contributed by atoms with Crippen LogP contribution in [0.15, 0.2) is 30.3 Å². The van der Waals surface area contributed by atoms with Gasteiger partial charge in [0.25, 0.3) is 0 Å². The minimum Gasteiger partial charge on any atom is -0.312 e. The van der Waals surface area contributed by atoms with Gasteiger partial charge in [-0.15, -0.1) is 12.3 Å². The Kier molecular flexibility index (Phi) is 4.54. The van der Waals surface area contributed by atoms with Crippen molar-refractivity contribution in [1.82, 2.24) is 10.3 Å². The van der Waals surface area contributed by atoms with E-state index in [2.05, 4.69) is 42.4 Å². The number of hydrogen-bond donors (Lipinski definition) is 1. The number of rotatable bonds is 5. The summed E-state index contributed by atoms with van der Waals surface area (Å²) < 4.78 is 0. The lowest BCUT2D eigenvalue weighted by Crippen LogP contribution is -2.17. The van der Waals surface area contributed by atoms with E-state index in [0.29, 0.717) is 0 Å². The van der Waals surface area contributed by atoms with Gasteiger partial charge >= 0.3 is 0 Å². The Balaban J connectivity index is 2.30. The lowest BCUT2D eigenvalue weighted by atomic mass is 10.0. The smallest absolute Gasteiger partial charge is 0.0708 e. The molecule has 2 aromatic rings. The number of aryl methyl sites for hydroxylation is 1. The van der Waals surface area contributed by atoms with Crippen molar-refractivity contribution in [3.63, 3.8) is 0 Å². The molecular formula is C17H20N2.